The second-order valence-corrected chi connectivity index (χ2v) is 8.30. The maximum absolute atomic E-state index is 10.7. The van der Waals surface area contributed by atoms with Gasteiger partial charge in [0.1, 0.15) is 61.0 Å². The van der Waals surface area contributed by atoms with E-state index < -0.39 is 98.7 Å². The Balaban J connectivity index is 1.72. The highest BCUT2D eigenvalue weighted by Gasteiger charge is 2.52. The van der Waals surface area contributed by atoms with E-state index in [9.17, 15) is 40.9 Å². The lowest BCUT2D eigenvalue weighted by Gasteiger charge is -2.47. The van der Waals surface area contributed by atoms with Crippen LogP contribution in [-0.2, 0) is 23.7 Å². The molecule has 9 N–H and O–H groups in total. The molecule has 3 fully saturated rings. The van der Waals surface area contributed by atoms with Crippen molar-refractivity contribution in [2.75, 3.05) is 6.61 Å². The molecule has 3 rings (SSSR count). The third-order valence-electron chi connectivity index (χ3n) is 6.02. The highest BCUT2D eigenvalue weighted by molar-refractivity contribution is 4.95. The van der Waals surface area contributed by atoms with Crippen LogP contribution in [0.5, 0.6) is 0 Å². The second-order valence-electron chi connectivity index (χ2n) is 8.30. The summed E-state index contributed by atoms with van der Waals surface area (Å²) in [5, 5.41) is 90.5. The predicted molar refractivity (Wildman–Crippen MR) is 98.4 cm³/mol. The van der Waals surface area contributed by atoms with Gasteiger partial charge in [-0.15, -0.1) is 0 Å². The van der Waals surface area contributed by atoms with Crippen LogP contribution < -0.4 is 0 Å². The largest absolute Gasteiger partial charge is 0.394 e. The zero-order chi connectivity index (χ0) is 23.9. The summed E-state index contributed by atoms with van der Waals surface area (Å²) in [4.78, 5) is 0. The molecule has 3 saturated heterocycles. The first kappa shape index (κ1) is 26.1. The summed E-state index contributed by atoms with van der Waals surface area (Å²) in [6.45, 7) is 2.17. The van der Waals surface area contributed by atoms with Gasteiger partial charge in [0, 0.05) is 0 Å². The van der Waals surface area contributed by atoms with Gasteiger partial charge in [-0.3, -0.25) is 0 Å². The fourth-order valence-electron chi connectivity index (χ4n) is 3.92. The fourth-order valence-corrected chi connectivity index (χ4v) is 3.92. The minimum Gasteiger partial charge on any atom is -0.394 e. The molecule has 32 heavy (non-hydrogen) atoms. The van der Waals surface area contributed by atoms with Crippen molar-refractivity contribution >= 4 is 0 Å². The number of hydrogen-bond acceptors (Lipinski definition) is 14. The molecule has 15 atom stereocenters. The van der Waals surface area contributed by atoms with Gasteiger partial charge in [0.05, 0.1) is 18.8 Å². The van der Waals surface area contributed by atoms with Gasteiger partial charge in [0.15, 0.2) is 18.9 Å². The Labute approximate surface area is 183 Å². The van der Waals surface area contributed by atoms with Crippen molar-refractivity contribution in [3.8, 4) is 0 Å². The zero-order valence-electron chi connectivity index (χ0n) is 17.4. The number of ether oxygens (including phenoxy) is 5. The van der Waals surface area contributed by atoms with E-state index >= 15 is 0 Å². The van der Waals surface area contributed by atoms with Crippen molar-refractivity contribution in [1.29, 1.82) is 0 Å². The summed E-state index contributed by atoms with van der Waals surface area (Å²) in [6, 6.07) is 0. The topological polar surface area (TPSA) is 228 Å². The molecule has 0 aromatic rings. The average molecular weight is 472 g/mol. The second kappa shape index (κ2) is 10.4. The molecule has 0 radical (unpaired) electrons. The number of rotatable bonds is 5. The molecule has 0 spiro atoms. The molecule has 14 nitrogen and oxygen atoms in total. The van der Waals surface area contributed by atoms with Crippen LogP contribution >= 0.6 is 0 Å². The fraction of sp³-hybridized carbons (Fsp3) is 1.00. The third kappa shape index (κ3) is 4.94. The van der Waals surface area contributed by atoms with Crippen LogP contribution in [-0.4, -0.2) is 145 Å². The van der Waals surface area contributed by atoms with Crippen LogP contribution in [0.15, 0.2) is 0 Å². The van der Waals surface area contributed by atoms with Crippen molar-refractivity contribution < 1.29 is 69.6 Å². The van der Waals surface area contributed by atoms with Gasteiger partial charge in [-0.2, -0.15) is 0 Å². The lowest BCUT2D eigenvalue weighted by molar-refractivity contribution is -0.378. The van der Waals surface area contributed by atoms with Gasteiger partial charge in [0.2, 0.25) is 0 Å². The van der Waals surface area contributed by atoms with E-state index in [0.717, 1.165) is 0 Å². The van der Waals surface area contributed by atoms with Crippen molar-refractivity contribution in [3.05, 3.63) is 0 Å². The van der Waals surface area contributed by atoms with Gasteiger partial charge in [-0.1, -0.05) is 0 Å². The van der Waals surface area contributed by atoms with Gasteiger partial charge >= 0.3 is 0 Å². The molecule has 0 aromatic heterocycles. The SMILES string of the molecule is C[C@@H]1O[C@@H](O[C@@H]2[C@@H](O)[C@H](C)O[C@@H](O[C@@H]3[C@@H](O)[C@H](O)[C@@H](CO)O[C@@H]3O)[C@@H]2O)[C@H](O)[C@H](O)[C@H]1O. The van der Waals surface area contributed by atoms with Crippen molar-refractivity contribution in [1.82, 2.24) is 0 Å². The normalized spacial score (nSPS) is 55.0. The number of aliphatic hydroxyl groups excluding tert-OH is 9. The lowest BCUT2D eigenvalue weighted by atomic mass is 9.96. The first-order valence-electron chi connectivity index (χ1n) is 10.3. The van der Waals surface area contributed by atoms with E-state index in [1.165, 1.54) is 13.8 Å². The first-order chi connectivity index (χ1) is 15.0. The molecule has 0 aromatic carbocycles. The van der Waals surface area contributed by atoms with Crippen molar-refractivity contribution in [2.45, 2.75) is 106 Å². The van der Waals surface area contributed by atoms with Crippen LogP contribution in [0, 0.1) is 0 Å². The van der Waals surface area contributed by atoms with Crippen LogP contribution in [0.25, 0.3) is 0 Å². The maximum atomic E-state index is 10.7. The molecule has 0 amide bonds. The summed E-state index contributed by atoms with van der Waals surface area (Å²) in [5.41, 5.74) is 0. The summed E-state index contributed by atoms with van der Waals surface area (Å²) in [6.07, 6.45) is -22.4. The van der Waals surface area contributed by atoms with Crippen LogP contribution in [0.1, 0.15) is 13.8 Å². The Morgan fingerprint density at radius 2 is 1.09 bits per heavy atom. The van der Waals surface area contributed by atoms with Gasteiger partial charge in [0.25, 0.3) is 0 Å². The maximum Gasteiger partial charge on any atom is 0.187 e. The Hall–Kier alpha value is -0.560. The standard InChI is InChI=1S/C18H32O14/c1-4-7(20)10(23)12(25)17(28-4)31-14-8(21)5(2)29-18(13(14)26)32-15-11(24)9(22)6(3-19)30-16(15)27/h4-27H,3H2,1-2H3/t4-,5-,6+,7-,8-,9+,10+,11-,12+,13+,14+,15+,16-,17-,18-/m0/s1. The van der Waals surface area contributed by atoms with Gasteiger partial charge < -0.3 is 69.6 Å². The average Bonchev–Trinajstić information content (AvgIpc) is 2.76. The molecular weight excluding hydrogens is 440 g/mol. The molecule has 3 aliphatic rings. The smallest absolute Gasteiger partial charge is 0.187 e. The summed E-state index contributed by atoms with van der Waals surface area (Å²) in [5.74, 6) is 0. The highest BCUT2D eigenvalue weighted by atomic mass is 16.7. The van der Waals surface area contributed by atoms with E-state index in [2.05, 4.69) is 0 Å². The highest BCUT2D eigenvalue weighted by Crippen LogP contribution is 2.31. The number of hydrogen-bond donors (Lipinski definition) is 9. The van der Waals surface area contributed by atoms with Crippen LogP contribution in [0.2, 0.25) is 0 Å². The van der Waals surface area contributed by atoms with E-state index in [4.69, 9.17) is 28.8 Å². The van der Waals surface area contributed by atoms with E-state index in [0.29, 0.717) is 0 Å². The molecule has 14 heteroatoms. The predicted octanol–water partition coefficient (Wildman–Crippen LogP) is -5.52. The molecule has 3 heterocycles. The molecule has 0 bridgehead atoms. The number of aliphatic hydroxyl groups is 9. The molecule has 3 aliphatic heterocycles. The molecule has 0 saturated carbocycles. The zero-order valence-corrected chi connectivity index (χ0v) is 17.4. The Morgan fingerprint density at radius 3 is 1.69 bits per heavy atom. The van der Waals surface area contributed by atoms with Crippen molar-refractivity contribution in [3.63, 3.8) is 0 Å². The Kier molecular flexibility index (Phi) is 8.44. The molecule has 188 valence electrons. The van der Waals surface area contributed by atoms with Crippen LogP contribution in [0.3, 0.4) is 0 Å². The molecule has 0 unspecified atom stereocenters. The minimum atomic E-state index is -1.79. The van der Waals surface area contributed by atoms with Gasteiger partial charge in [-0.25, -0.2) is 0 Å². The lowest BCUT2D eigenvalue weighted by Crippen LogP contribution is -2.65. The van der Waals surface area contributed by atoms with E-state index in [1.807, 2.05) is 0 Å². The molecular formula is C18H32O14. The minimum absolute atomic E-state index is 0.674. The first-order valence-corrected chi connectivity index (χ1v) is 10.3. The molecule has 0 aliphatic carbocycles. The van der Waals surface area contributed by atoms with Crippen LogP contribution in [0.4, 0.5) is 0 Å². The Bertz CT molecular complexity index is 610. The van der Waals surface area contributed by atoms with Crippen molar-refractivity contribution in [2.24, 2.45) is 0 Å². The summed E-state index contributed by atoms with van der Waals surface area (Å²) in [7, 11) is 0. The van der Waals surface area contributed by atoms with Gasteiger partial charge in [-0.05, 0) is 13.8 Å². The third-order valence-corrected chi connectivity index (χ3v) is 6.02. The van der Waals surface area contributed by atoms with E-state index in [1.54, 1.807) is 0 Å². The summed E-state index contributed by atoms with van der Waals surface area (Å²) >= 11 is 0. The monoisotopic (exact) mass is 472 g/mol. The quantitative estimate of drug-likeness (QED) is 0.182. The van der Waals surface area contributed by atoms with E-state index in [-0.39, 0.29) is 0 Å². The Morgan fingerprint density at radius 1 is 0.562 bits per heavy atom. The summed E-state index contributed by atoms with van der Waals surface area (Å²) < 4.78 is 26.7.